The van der Waals surface area contributed by atoms with Gasteiger partial charge in [0.25, 0.3) is 0 Å². The summed E-state index contributed by atoms with van der Waals surface area (Å²) in [5, 5.41) is 5.88. The molecule has 278 valence electrons. The minimum Gasteiger partial charge on any atom is -0.332 e. The molecular formula is C39H59N3O7S. The number of ketones is 3. The van der Waals surface area contributed by atoms with Gasteiger partial charge in [-0.25, -0.2) is 13.2 Å². The molecule has 1 unspecified atom stereocenters. The molecule has 0 aromatic rings. The number of unbranched alkanes of at least 4 members (excludes halogenated alkanes) is 1. The molecule has 0 radical (unpaired) electrons. The number of terminal acetylenes is 2. The number of urea groups is 1. The maximum Gasteiger partial charge on any atom is 0.315 e. The van der Waals surface area contributed by atoms with E-state index in [2.05, 4.69) is 36.3 Å². The van der Waals surface area contributed by atoms with Crippen molar-refractivity contribution in [1.29, 1.82) is 0 Å². The van der Waals surface area contributed by atoms with Crippen LogP contribution in [0.1, 0.15) is 126 Å². The monoisotopic (exact) mass is 713 g/mol. The molecule has 0 aromatic heterocycles. The second kappa shape index (κ2) is 15.6. The van der Waals surface area contributed by atoms with E-state index in [1.807, 2.05) is 20.8 Å². The first-order valence-electron chi connectivity index (χ1n) is 18.1. The summed E-state index contributed by atoms with van der Waals surface area (Å²) >= 11 is 0. The van der Waals surface area contributed by atoms with Gasteiger partial charge in [-0.05, 0) is 69.1 Å². The van der Waals surface area contributed by atoms with Crippen LogP contribution >= 0.6 is 0 Å². The number of piperidine rings is 1. The first-order chi connectivity index (χ1) is 23.0. The van der Waals surface area contributed by atoms with E-state index < -0.39 is 67.0 Å². The van der Waals surface area contributed by atoms with Crippen LogP contribution in [0.15, 0.2) is 0 Å². The molecule has 1 aliphatic heterocycles. The molecule has 1 heterocycles. The maximum absolute atomic E-state index is 14.5. The summed E-state index contributed by atoms with van der Waals surface area (Å²) in [5.41, 5.74) is -1.93. The highest BCUT2D eigenvalue weighted by Crippen LogP contribution is 2.65. The average Bonchev–Trinajstić information content (AvgIpc) is 3.31. The highest BCUT2D eigenvalue weighted by Gasteiger charge is 2.69. The molecule has 10 nitrogen and oxygen atoms in total. The molecule has 2 N–H and O–H groups in total. The summed E-state index contributed by atoms with van der Waals surface area (Å²) in [5.74, 6) is 1.88. The summed E-state index contributed by atoms with van der Waals surface area (Å²) < 4.78 is 25.6. The highest BCUT2D eigenvalue weighted by atomic mass is 32.2. The predicted octanol–water partition coefficient (Wildman–Crippen LogP) is 5.03. The van der Waals surface area contributed by atoms with Crippen molar-refractivity contribution in [3.8, 4) is 24.7 Å². The number of carbonyl (C=O) groups is 5. The van der Waals surface area contributed by atoms with E-state index in [4.69, 9.17) is 12.8 Å². The van der Waals surface area contributed by atoms with Crippen LogP contribution < -0.4 is 10.6 Å². The van der Waals surface area contributed by atoms with Crippen molar-refractivity contribution in [3.63, 3.8) is 0 Å². The number of sulfone groups is 1. The number of nitrogens with zero attached hydrogens (tertiary/aromatic N) is 1. The Morgan fingerprint density at radius 1 is 0.940 bits per heavy atom. The van der Waals surface area contributed by atoms with Gasteiger partial charge in [-0.15, -0.1) is 24.7 Å². The van der Waals surface area contributed by atoms with Gasteiger partial charge in [0.1, 0.15) is 6.04 Å². The molecule has 0 bridgehead atoms. The van der Waals surface area contributed by atoms with Gasteiger partial charge in [0, 0.05) is 38.1 Å². The second-order valence-corrected chi connectivity index (χ2v) is 20.2. The zero-order chi connectivity index (χ0) is 37.9. The number of amides is 3. The lowest BCUT2D eigenvalue weighted by atomic mass is 9.82. The Hall–Kier alpha value is -3.18. The van der Waals surface area contributed by atoms with Gasteiger partial charge in [-0.3, -0.25) is 19.2 Å². The lowest BCUT2D eigenvalue weighted by molar-refractivity contribution is -0.144. The topological polar surface area (TPSA) is 147 Å². The molecular weight excluding hydrogens is 655 g/mol. The number of Topliss-reactive ketones (excluding diaryl/α,β-unsaturated/α-hetero) is 3. The number of fused-ring (bicyclic) bond motifs is 1. The zero-order valence-corrected chi connectivity index (χ0v) is 32.3. The number of hydrogen-bond donors (Lipinski definition) is 2. The minimum absolute atomic E-state index is 0.0000354. The summed E-state index contributed by atoms with van der Waals surface area (Å²) in [6.07, 6.45) is 15.2. The van der Waals surface area contributed by atoms with Crippen LogP contribution in [0, 0.1) is 53.3 Å². The number of likely N-dealkylation sites (tertiary alicyclic amines) is 1. The largest absolute Gasteiger partial charge is 0.332 e. The third-order valence-corrected chi connectivity index (χ3v) is 14.1. The molecule has 3 rings (SSSR count). The zero-order valence-electron chi connectivity index (χ0n) is 31.4. The maximum atomic E-state index is 14.5. The SMILES string of the molecule is C#CCCCC(=O)C(=O)C(CCC#C)CC(=O)[C@@H]1[C@@H]2[C@H](CN1C(=O)[C@@H](NC(=O)NC1(CS(=O)(=O)C(C)(C)C)CCCCC1)C(C)(C)C)C2(C)C. The minimum atomic E-state index is -3.57. The van der Waals surface area contributed by atoms with Crippen molar-refractivity contribution in [1.82, 2.24) is 15.5 Å². The predicted molar refractivity (Wildman–Crippen MR) is 194 cm³/mol. The van der Waals surface area contributed by atoms with E-state index >= 15 is 0 Å². The summed E-state index contributed by atoms with van der Waals surface area (Å²) in [6.45, 7) is 14.9. The van der Waals surface area contributed by atoms with Crippen LogP contribution in [-0.2, 0) is 29.0 Å². The Bertz CT molecular complexity index is 1510. The summed E-state index contributed by atoms with van der Waals surface area (Å²) in [7, 11) is -3.57. The summed E-state index contributed by atoms with van der Waals surface area (Å²) in [4.78, 5) is 69.9. The van der Waals surface area contributed by atoms with Gasteiger partial charge >= 0.3 is 6.03 Å². The van der Waals surface area contributed by atoms with E-state index in [-0.39, 0.29) is 54.5 Å². The van der Waals surface area contributed by atoms with Crippen molar-refractivity contribution in [2.24, 2.45) is 28.6 Å². The van der Waals surface area contributed by atoms with Crippen molar-refractivity contribution >= 4 is 39.1 Å². The fraction of sp³-hybridized carbons (Fsp3) is 0.769. The lowest BCUT2D eigenvalue weighted by Crippen LogP contribution is -2.63. The quantitative estimate of drug-likeness (QED) is 0.138. The van der Waals surface area contributed by atoms with E-state index in [0.29, 0.717) is 32.2 Å². The van der Waals surface area contributed by atoms with Gasteiger partial charge in [0.15, 0.2) is 21.4 Å². The standard InChI is InChI=1S/C39H59N3O7S/c1-11-13-16-20-28(43)32(45)26(19-14-12-2)23-29(44)31-30-27(38(30,9)10)24-42(31)34(46)33(36(3,4)5)40-35(47)41-39(21-17-15-18-22-39)25-50(48,49)37(6,7)8/h1-2,26-27,30-31,33H,13-25H2,3-10H3,(H2,40,41,47)/t26?,27-,30-,31+,33+/m0/s1. The van der Waals surface area contributed by atoms with Crippen LogP contribution in [0.3, 0.4) is 0 Å². The van der Waals surface area contributed by atoms with Crippen LogP contribution in [0.25, 0.3) is 0 Å². The van der Waals surface area contributed by atoms with Crippen molar-refractivity contribution in [2.45, 2.75) is 148 Å². The molecule has 2 saturated carbocycles. The van der Waals surface area contributed by atoms with Gasteiger partial charge in [-0.1, -0.05) is 53.9 Å². The molecule has 3 fully saturated rings. The first kappa shape index (κ1) is 41.2. The highest BCUT2D eigenvalue weighted by molar-refractivity contribution is 7.92. The van der Waals surface area contributed by atoms with Crippen molar-refractivity contribution in [2.75, 3.05) is 12.3 Å². The van der Waals surface area contributed by atoms with Gasteiger partial charge in [0.05, 0.1) is 22.1 Å². The molecule has 3 aliphatic rings. The summed E-state index contributed by atoms with van der Waals surface area (Å²) in [6, 6.07) is -2.48. The lowest BCUT2D eigenvalue weighted by Gasteiger charge is -2.41. The van der Waals surface area contributed by atoms with Crippen LogP contribution in [0.5, 0.6) is 0 Å². The number of nitrogens with one attached hydrogen (secondary N) is 2. The molecule has 3 amide bonds. The van der Waals surface area contributed by atoms with Gasteiger partial charge < -0.3 is 15.5 Å². The van der Waals surface area contributed by atoms with E-state index in [1.165, 1.54) is 0 Å². The molecule has 1 saturated heterocycles. The third kappa shape index (κ3) is 9.37. The van der Waals surface area contributed by atoms with Crippen LogP contribution in [0.4, 0.5) is 4.79 Å². The van der Waals surface area contributed by atoms with Crippen LogP contribution in [0.2, 0.25) is 0 Å². The molecule has 0 aromatic carbocycles. The van der Waals surface area contributed by atoms with E-state index in [0.717, 1.165) is 19.3 Å². The molecule has 50 heavy (non-hydrogen) atoms. The number of hydrogen-bond acceptors (Lipinski definition) is 7. The third-order valence-electron chi connectivity index (χ3n) is 11.3. The molecule has 0 spiro atoms. The smallest absolute Gasteiger partial charge is 0.315 e. The molecule has 5 atom stereocenters. The Morgan fingerprint density at radius 2 is 1.54 bits per heavy atom. The fourth-order valence-electron chi connectivity index (χ4n) is 7.87. The van der Waals surface area contributed by atoms with E-state index in [1.54, 1.807) is 25.7 Å². The molecule has 11 heteroatoms. The fourth-order valence-corrected chi connectivity index (χ4v) is 9.39. The Balaban J connectivity index is 1.86. The number of rotatable bonds is 15. The van der Waals surface area contributed by atoms with Crippen LogP contribution in [-0.4, -0.2) is 77.3 Å². The molecule has 2 aliphatic carbocycles. The van der Waals surface area contributed by atoms with Crippen molar-refractivity contribution in [3.05, 3.63) is 0 Å². The van der Waals surface area contributed by atoms with Gasteiger partial charge in [0.2, 0.25) is 11.7 Å². The van der Waals surface area contributed by atoms with Crippen molar-refractivity contribution < 1.29 is 32.4 Å². The normalized spacial score (nSPS) is 23.7. The second-order valence-electron chi connectivity index (χ2n) is 17.5. The Labute approximate surface area is 300 Å². The number of carbonyl (C=O) groups excluding carboxylic acids is 5. The Kier molecular flexibility index (Phi) is 12.9. The first-order valence-corrected chi connectivity index (χ1v) is 19.8. The van der Waals surface area contributed by atoms with Gasteiger partial charge in [-0.2, -0.15) is 0 Å². The average molecular weight is 714 g/mol. The van der Waals surface area contributed by atoms with E-state index in [9.17, 15) is 32.4 Å². The Morgan fingerprint density at radius 3 is 2.08 bits per heavy atom.